The Bertz CT molecular complexity index is 558. The Morgan fingerprint density at radius 2 is 1.87 bits per heavy atom. The van der Waals surface area contributed by atoms with E-state index in [2.05, 4.69) is 9.97 Å². The molecule has 0 bridgehead atoms. The third-order valence-electron chi connectivity index (χ3n) is 1.99. The van der Waals surface area contributed by atoms with Crippen LogP contribution in [0.1, 0.15) is 5.69 Å². The molecule has 0 radical (unpaired) electrons. The van der Waals surface area contributed by atoms with E-state index in [1.165, 1.54) is 0 Å². The topological polar surface area (TPSA) is 62.8 Å². The summed E-state index contributed by atoms with van der Waals surface area (Å²) >= 11 is 0. The normalized spacial score (nSPS) is 11.5. The monoisotopic (exact) mass is 222 g/mol. The van der Waals surface area contributed by atoms with E-state index in [1.807, 2.05) is 0 Å². The zero-order valence-electron chi connectivity index (χ0n) is 8.14. The molecule has 0 unspecified atom stereocenters. The Morgan fingerprint density at radius 3 is 2.40 bits per heavy atom. The molecule has 0 aliphatic rings. The summed E-state index contributed by atoms with van der Waals surface area (Å²) in [5.41, 5.74) is 0.657. The van der Waals surface area contributed by atoms with Crippen molar-refractivity contribution in [2.45, 2.75) is 17.0 Å². The van der Waals surface area contributed by atoms with Crippen LogP contribution in [0.5, 0.6) is 0 Å². The first-order chi connectivity index (χ1) is 7.10. The largest absolute Gasteiger partial charge is 0.335 e. The number of H-pyrrole nitrogens is 1. The summed E-state index contributed by atoms with van der Waals surface area (Å²) in [4.78, 5) is 6.81. The van der Waals surface area contributed by atoms with E-state index in [0.29, 0.717) is 5.69 Å². The standard InChI is InChI=1S/C10H10N2O2S/c1-8-7-11-10(12-8)15(13,14)9-5-3-2-4-6-9/h2-7H,1H3,(H,11,12). The van der Waals surface area contributed by atoms with Crippen molar-refractivity contribution < 1.29 is 8.42 Å². The minimum Gasteiger partial charge on any atom is -0.335 e. The predicted octanol–water partition coefficient (Wildman–Crippen LogP) is 1.55. The molecule has 0 aliphatic carbocycles. The lowest BCUT2D eigenvalue weighted by Gasteiger charge is -1.99. The second-order valence-electron chi connectivity index (χ2n) is 3.16. The molecule has 1 heterocycles. The third kappa shape index (κ3) is 1.78. The fourth-order valence-electron chi connectivity index (χ4n) is 1.24. The zero-order chi connectivity index (χ0) is 10.9. The lowest BCUT2D eigenvalue weighted by molar-refractivity contribution is 0.588. The van der Waals surface area contributed by atoms with Crippen LogP contribution >= 0.6 is 0 Å². The van der Waals surface area contributed by atoms with Crippen molar-refractivity contribution in [1.29, 1.82) is 0 Å². The Kier molecular flexibility index (Phi) is 2.32. The molecule has 0 saturated heterocycles. The molecule has 4 nitrogen and oxygen atoms in total. The SMILES string of the molecule is Cc1c[nH]c(S(=O)(=O)c2ccccc2)n1. The molecule has 0 aliphatic heterocycles. The maximum Gasteiger partial charge on any atom is 0.239 e. The van der Waals surface area contributed by atoms with Crippen LogP contribution in [0.3, 0.4) is 0 Å². The Balaban J connectivity index is 2.54. The quantitative estimate of drug-likeness (QED) is 0.838. The van der Waals surface area contributed by atoms with Crippen molar-refractivity contribution in [3.63, 3.8) is 0 Å². The number of hydrogen-bond donors (Lipinski definition) is 1. The van der Waals surface area contributed by atoms with E-state index in [9.17, 15) is 8.42 Å². The molecule has 0 saturated carbocycles. The van der Waals surface area contributed by atoms with Gasteiger partial charge >= 0.3 is 0 Å². The van der Waals surface area contributed by atoms with Gasteiger partial charge in [0.2, 0.25) is 15.0 Å². The number of imidazole rings is 1. The van der Waals surface area contributed by atoms with Gasteiger partial charge in [-0.15, -0.1) is 0 Å². The van der Waals surface area contributed by atoms with E-state index < -0.39 is 9.84 Å². The van der Waals surface area contributed by atoms with Crippen LogP contribution in [0.2, 0.25) is 0 Å². The highest BCUT2D eigenvalue weighted by atomic mass is 32.2. The van der Waals surface area contributed by atoms with Gasteiger partial charge in [-0.05, 0) is 19.1 Å². The van der Waals surface area contributed by atoms with E-state index >= 15 is 0 Å². The summed E-state index contributed by atoms with van der Waals surface area (Å²) in [6.45, 7) is 1.74. The van der Waals surface area contributed by atoms with Crippen molar-refractivity contribution >= 4 is 9.84 Å². The second-order valence-corrected chi connectivity index (χ2v) is 5.03. The molecule has 78 valence electrons. The van der Waals surface area contributed by atoms with Gasteiger partial charge in [-0.3, -0.25) is 0 Å². The summed E-state index contributed by atoms with van der Waals surface area (Å²) in [5.74, 6) is 0. The van der Waals surface area contributed by atoms with Crippen molar-refractivity contribution in [1.82, 2.24) is 9.97 Å². The molecule has 5 heteroatoms. The van der Waals surface area contributed by atoms with Gasteiger partial charge in [0.05, 0.1) is 10.6 Å². The number of nitrogens with one attached hydrogen (secondary N) is 1. The summed E-state index contributed by atoms with van der Waals surface area (Å²) < 4.78 is 23.9. The average Bonchev–Trinajstić information content (AvgIpc) is 2.67. The second kappa shape index (κ2) is 3.51. The van der Waals surface area contributed by atoms with Gasteiger partial charge in [-0.2, -0.15) is 0 Å². The van der Waals surface area contributed by atoms with E-state index in [-0.39, 0.29) is 10.1 Å². The molecule has 2 rings (SSSR count). The molecule has 1 aromatic heterocycles. The minimum absolute atomic E-state index is 0.00815. The lowest BCUT2D eigenvalue weighted by Crippen LogP contribution is -2.03. The number of benzene rings is 1. The van der Waals surface area contributed by atoms with Gasteiger partial charge < -0.3 is 4.98 Å². The van der Waals surface area contributed by atoms with Crippen molar-refractivity contribution in [3.05, 3.63) is 42.2 Å². The van der Waals surface area contributed by atoms with E-state index in [4.69, 9.17) is 0 Å². The first kappa shape index (κ1) is 9.92. The number of aryl methyl sites for hydroxylation is 1. The number of rotatable bonds is 2. The molecule has 1 aromatic carbocycles. The van der Waals surface area contributed by atoms with Gasteiger partial charge in [0.25, 0.3) is 0 Å². The summed E-state index contributed by atoms with van der Waals surface area (Å²) in [6.07, 6.45) is 1.57. The molecule has 0 amide bonds. The average molecular weight is 222 g/mol. The van der Waals surface area contributed by atoms with Crippen molar-refractivity contribution in [2.75, 3.05) is 0 Å². The minimum atomic E-state index is -3.48. The highest BCUT2D eigenvalue weighted by Gasteiger charge is 2.19. The Morgan fingerprint density at radius 1 is 1.20 bits per heavy atom. The highest BCUT2D eigenvalue weighted by Crippen LogP contribution is 2.16. The lowest BCUT2D eigenvalue weighted by atomic mass is 10.4. The number of sulfone groups is 1. The smallest absolute Gasteiger partial charge is 0.239 e. The molecule has 1 N–H and O–H groups in total. The van der Waals surface area contributed by atoms with Crippen molar-refractivity contribution in [3.8, 4) is 0 Å². The van der Waals surface area contributed by atoms with Gasteiger partial charge in [0.15, 0.2) is 0 Å². The van der Waals surface area contributed by atoms with Gasteiger partial charge in [0.1, 0.15) is 0 Å². The third-order valence-corrected chi connectivity index (χ3v) is 3.60. The van der Waals surface area contributed by atoms with Crippen LogP contribution in [-0.4, -0.2) is 18.4 Å². The summed E-state index contributed by atoms with van der Waals surface area (Å²) in [7, 11) is -3.48. The van der Waals surface area contributed by atoms with Crippen LogP contribution in [0.15, 0.2) is 46.6 Å². The fourth-order valence-corrected chi connectivity index (χ4v) is 2.46. The van der Waals surface area contributed by atoms with Crippen LogP contribution in [0.25, 0.3) is 0 Å². The van der Waals surface area contributed by atoms with Crippen LogP contribution in [0.4, 0.5) is 0 Å². The molecular formula is C10H10N2O2S. The van der Waals surface area contributed by atoms with Crippen LogP contribution < -0.4 is 0 Å². The van der Waals surface area contributed by atoms with Gasteiger partial charge in [0, 0.05) is 6.20 Å². The number of hydrogen-bond acceptors (Lipinski definition) is 3. The number of aromatic nitrogens is 2. The Hall–Kier alpha value is -1.62. The highest BCUT2D eigenvalue weighted by molar-refractivity contribution is 7.91. The number of aromatic amines is 1. The molecule has 0 fully saturated rings. The van der Waals surface area contributed by atoms with Crippen LogP contribution in [-0.2, 0) is 9.84 Å². The molecule has 15 heavy (non-hydrogen) atoms. The zero-order valence-corrected chi connectivity index (χ0v) is 8.95. The first-order valence-corrected chi connectivity index (χ1v) is 5.91. The fraction of sp³-hybridized carbons (Fsp3) is 0.100. The number of nitrogens with zero attached hydrogens (tertiary/aromatic N) is 1. The predicted molar refractivity (Wildman–Crippen MR) is 55.2 cm³/mol. The molecule has 0 spiro atoms. The summed E-state index contributed by atoms with van der Waals surface area (Å²) in [6, 6.07) is 8.23. The van der Waals surface area contributed by atoms with E-state index in [0.717, 1.165) is 0 Å². The maximum atomic E-state index is 12.0. The van der Waals surface area contributed by atoms with Crippen molar-refractivity contribution in [2.24, 2.45) is 0 Å². The maximum absolute atomic E-state index is 12.0. The van der Waals surface area contributed by atoms with Gasteiger partial charge in [-0.1, -0.05) is 18.2 Å². The summed E-state index contributed by atoms with van der Waals surface area (Å²) in [5, 5.41) is -0.00815. The Labute approximate surface area is 87.9 Å². The van der Waals surface area contributed by atoms with E-state index in [1.54, 1.807) is 43.5 Å². The van der Waals surface area contributed by atoms with Crippen LogP contribution in [0, 0.1) is 6.92 Å². The molecule has 0 atom stereocenters. The first-order valence-electron chi connectivity index (χ1n) is 4.43. The molecular weight excluding hydrogens is 212 g/mol. The van der Waals surface area contributed by atoms with Gasteiger partial charge in [-0.25, -0.2) is 13.4 Å². The molecule has 2 aromatic rings.